The molecular formula is C18H24N4O2. The second-order valence-electron chi connectivity index (χ2n) is 6.37. The van der Waals surface area contributed by atoms with E-state index in [0.29, 0.717) is 13.2 Å². The van der Waals surface area contributed by atoms with E-state index in [1.165, 1.54) is 0 Å². The van der Waals surface area contributed by atoms with Crippen LogP contribution >= 0.6 is 0 Å². The number of carbonyl (C=O) groups excluding carboxylic acids is 1. The summed E-state index contributed by atoms with van der Waals surface area (Å²) in [6.45, 7) is 9.02. The predicted octanol–water partition coefficient (Wildman–Crippen LogP) is 3.13. The Morgan fingerprint density at radius 2 is 1.96 bits per heavy atom. The van der Waals surface area contributed by atoms with Crippen molar-refractivity contribution in [2.75, 3.05) is 18.5 Å². The first-order valence-electron chi connectivity index (χ1n) is 8.28. The number of aromatic nitrogens is 2. The van der Waals surface area contributed by atoms with Gasteiger partial charge in [0.2, 0.25) is 0 Å². The second-order valence-corrected chi connectivity index (χ2v) is 6.37. The summed E-state index contributed by atoms with van der Waals surface area (Å²) in [6, 6.07) is 9.87. The van der Waals surface area contributed by atoms with Crippen molar-refractivity contribution in [3.05, 3.63) is 41.7 Å². The number of urea groups is 1. The number of nitrogens with zero attached hydrogens (tertiary/aromatic N) is 3. The summed E-state index contributed by atoms with van der Waals surface area (Å²) in [6.07, 6.45) is 0.0567. The predicted molar refractivity (Wildman–Crippen MR) is 93.6 cm³/mol. The summed E-state index contributed by atoms with van der Waals surface area (Å²) >= 11 is 0. The number of nitrogens with one attached hydrogen (secondary N) is 1. The molecule has 1 saturated heterocycles. The van der Waals surface area contributed by atoms with Gasteiger partial charge in [-0.05, 0) is 39.8 Å². The highest BCUT2D eigenvalue weighted by atomic mass is 16.5. The molecule has 1 aliphatic heterocycles. The van der Waals surface area contributed by atoms with Gasteiger partial charge in [-0.2, -0.15) is 5.10 Å². The fraction of sp³-hybridized carbons (Fsp3) is 0.444. The molecule has 128 valence electrons. The topological polar surface area (TPSA) is 59.4 Å². The Balaban J connectivity index is 1.83. The Morgan fingerprint density at radius 3 is 2.67 bits per heavy atom. The summed E-state index contributed by atoms with van der Waals surface area (Å²) in [5.41, 5.74) is 3.47. The van der Waals surface area contributed by atoms with Crippen LogP contribution in [0.4, 0.5) is 10.5 Å². The Labute approximate surface area is 142 Å². The van der Waals surface area contributed by atoms with Gasteiger partial charge in [-0.15, -0.1) is 0 Å². The molecule has 2 heterocycles. The van der Waals surface area contributed by atoms with Crippen LogP contribution in [0.15, 0.2) is 30.3 Å². The van der Waals surface area contributed by atoms with Crippen LogP contribution in [-0.2, 0) is 4.74 Å². The summed E-state index contributed by atoms with van der Waals surface area (Å²) in [5, 5.41) is 7.61. The van der Waals surface area contributed by atoms with Crippen molar-refractivity contribution in [2.24, 2.45) is 0 Å². The molecular weight excluding hydrogens is 304 g/mol. The number of hydrogen-bond acceptors (Lipinski definition) is 3. The lowest BCUT2D eigenvalue weighted by Crippen LogP contribution is -2.51. The lowest BCUT2D eigenvalue weighted by molar-refractivity contribution is -0.0296. The van der Waals surface area contributed by atoms with Gasteiger partial charge in [-0.1, -0.05) is 18.2 Å². The number of morpholine rings is 1. The van der Waals surface area contributed by atoms with E-state index in [0.717, 1.165) is 22.8 Å². The average molecular weight is 328 g/mol. The molecule has 0 bridgehead atoms. The van der Waals surface area contributed by atoms with Gasteiger partial charge in [-0.25, -0.2) is 9.48 Å². The third-order valence-electron chi connectivity index (χ3n) is 4.39. The van der Waals surface area contributed by atoms with Crippen LogP contribution < -0.4 is 5.32 Å². The van der Waals surface area contributed by atoms with Gasteiger partial charge in [0.1, 0.15) is 0 Å². The molecule has 2 aromatic rings. The summed E-state index contributed by atoms with van der Waals surface area (Å²) < 4.78 is 7.45. The number of ether oxygens (including phenoxy) is 1. The highest BCUT2D eigenvalue weighted by Crippen LogP contribution is 2.24. The van der Waals surface area contributed by atoms with E-state index in [9.17, 15) is 4.79 Å². The maximum Gasteiger partial charge on any atom is 0.322 e. The van der Waals surface area contributed by atoms with Gasteiger partial charge in [0, 0.05) is 6.54 Å². The van der Waals surface area contributed by atoms with Crippen molar-refractivity contribution in [3.8, 4) is 5.69 Å². The van der Waals surface area contributed by atoms with Crippen LogP contribution in [0.25, 0.3) is 5.69 Å². The molecule has 2 atom stereocenters. The number of amides is 2. The lowest BCUT2D eigenvalue weighted by Gasteiger charge is -2.36. The van der Waals surface area contributed by atoms with Gasteiger partial charge in [0.25, 0.3) is 0 Å². The van der Waals surface area contributed by atoms with Crippen molar-refractivity contribution < 1.29 is 9.53 Å². The number of para-hydroxylation sites is 1. The van der Waals surface area contributed by atoms with E-state index in [1.54, 1.807) is 0 Å². The monoisotopic (exact) mass is 328 g/mol. The van der Waals surface area contributed by atoms with Crippen molar-refractivity contribution >= 4 is 11.7 Å². The first-order chi connectivity index (χ1) is 11.5. The van der Waals surface area contributed by atoms with Crippen LogP contribution in [-0.4, -0.2) is 46.0 Å². The molecule has 1 aromatic carbocycles. The van der Waals surface area contributed by atoms with Crippen LogP contribution in [0.5, 0.6) is 0 Å². The van der Waals surface area contributed by atoms with Crippen molar-refractivity contribution in [1.29, 1.82) is 0 Å². The Bertz CT molecular complexity index is 726. The molecule has 1 aromatic heterocycles. The molecule has 1 N–H and O–H groups in total. The van der Waals surface area contributed by atoms with Crippen molar-refractivity contribution in [1.82, 2.24) is 14.7 Å². The Kier molecular flexibility index (Phi) is 4.57. The highest BCUT2D eigenvalue weighted by Gasteiger charge is 2.28. The number of aryl methyl sites for hydroxylation is 1. The number of anilines is 1. The zero-order valence-electron chi connectivity index (χ0n) is 14.6. The van der Waals surface area contributed by atoms with Crippen LogP contribution in [0.2, 0.25) is 0 Å². The molecule has 0 spiro atoms. The van der Waals surface area contributed by atoms with Crippen molar-refractivity contribution in [2.45, 2.75) is 39.8 Å². The minimum absolute atomic E-state index is 0.0567. The largest absolute Gasteiger partial charge is 0.375 e. The van der Waals surface area contributed by atoms with Crippen LogP contribution in [0, 0.1) is 13.8 Å². The summed E-state index contributed by atoms with van der Waals surface area (Å²) in [5.74, 6) is 0. The first-order valence-corrected chi connectivity index (χ1v) is 8.28. The maximum absolute atomic E-state index is 12.7. The minimum atomic E-state index is -0.100. The average Bonchev–Trinajstić information content (AvgIpc) is 2.86. The third-order valence-corrected chi connectivity index (χ3v) is 4.39. The normalized spacial score (nSPS) is 20.9. The zero-order valence-corrected chi connectivity index (χ0v) is 14.6. The highest BCUT2D eigenvalue weighted by molar-refractivity contribution is 5.91. The molecule has 3 rings (SSSR count). The quantitative estimate of drug-likeness (QED) is 0.921. The molecule has 2 unspecified atom stereocenters. The molecule has 6 heteroatoms. The lowest BCUT2D eigenvalue weighted by atomic mass is 10.2. The van der Waals surface area contributed by atoms with E-state index in [4.69, 9.17) is 4.74 Å². The minimum Gasteiger partial charge on any atom is -0.375 e. The number of rotatable bonds is 2. The first kappa shape index (κ1) is 16.5. The van der Waals surface area contributed by atoms with E-state index < -0.39 is 0 Å². The molecule has 6 nitrogen and oxygen atoms in total. The molecule has 1 aliphatic rings. The summed E-state index contributed by atoms with van der Waals surface area (Å²) in [7, 11) is 0. The Morgan fingerprint density at radius 1 is 1.25 bits per heavy atom. The number of benzene rings is 1. The molecule has 0 radical (unpaired) electrons. The van der Waals surface area contributed by atoms with Crippen LogP contribution in [0.3, 0.4) is 0 Å². The smallest absolute Gasteiger partial charge is 0.322 e. The van der Waals surface area contributed by atoms with Gasteiger partial charge in [0.05, 0.1) is 41.5 Å². The molecule has 2 amide bonds. The van der Waals surface area contributed by atoms with Gasteiger partial charge in [0.15, 0.2) is 0 Å². The van der Waals surface area contributed by atoms with E-state index >= 15 is 0 Å². The number of hydrogen-bond donors (Lipinski definition) is 1. The fourth-order valence-electron chi connectivity index (χ4n) is 3.01. The zero-order chi connectivity index (χ0) is 17.3. The molecule has 0 aliphatic carbocycles. The van der Waals surface area contributed by atoms with Crippen LogP contribution in [0.1, 0.15) is 25.2 Å². The van der Waals surface area contributed by atoms with Gasteiger partial charge in [-0.3, -0.25) is 0 Å². The van der Waals surface area contributed by atoms with E-state index in [-0.39, 0.29) is 18.2 Å². The molecule has 24 heavy (non-hydrogen) atoms. The third kappa shape index (κ3) is 3.14. The van der Waals surface area contributed by atoms with E-state index in [1.807, 2.05) is 67.6 Å². The van der Waals surface area contributed by atoms with E-state index in [2.05, 4.69) is 10.4 Å². The maximum atomic E-state index is 12.7. The van der Waals surface area contributed by atoms with Gasteiger partial charge >= 0.3 is 6.03 Å². The Hall–Kier alpha value is -2.34. The van der Waals surface area contributed by atoms with Crippen molar-refractivity contribution in [3.63, 3.8) is 0 Å². The molecule has 1 fully saturated rings. The standard InChI is InChI=1S/C18H24N4O2/c1-12-11-24-13(2)10-21(12)18(23)19-17-14(3)20-22(15(17)4)16-8-6-5-7-9-16/h5-9,12-13H,10-11H2,1-4H3,(H,19,23). The molecule has 0 saturated carbocycles. The fourth-order valence-corrected chi connectivity index (χ4v) is 3.01. The second kappa shape index (κ2) is 6.65. The number of carbonyl (C=O) groups is 1. The SMILES string of the molecule is Cc1nn(-c2ccccc2)c(C)c1NC(=O)N1CC(C)OCC1C. The van der Waals surface area contributed by atoms with Gasteiger partial charge < -0.3 is 15.0 Å². The summed E-state index contributed by atoms with van der Waals surface area (Å²) in [4.78, 5) is 14.5.